The van der Waals surface area contributed by atoms with Gasteiger partial charge in [0.2, 0.25) is 0 Å². The number of hydrogen-bond acceptors (Lipinski definition) is 3. The molecule has 2 aliphatic rings. The minimum atomic E-state index is -0.176. The normalized spacial score (nSPS) is 24.4. The Balaban J connectivity index is 1.78. The largest absolute Gasteiger partial charge is 0.313 e. The van der Waals surface area contributed by atoms with E-state index >= 15 is 0 Å². The van der Waals surface area contributed by atoms with Gasteiger partial charge in [0.25, 0.3) is 0 Å². The average Bonchev–Trinajstić information content (AvgIpc) is 3.01. The van der Waals surface area contributed by atoms with E-state index in [0.717, 1.165) is 18.9 Å². The van der Waals surface area contributed by atoms with Crippen LogP contribution in [-0.4, -0.2) is 37.1 Å². The van der Waals surface area contributed by atoms with Crippen LogP contribution in [0.5, 0.6) is 0 Å². The summed E-state index contributed by atoms with van der Waals surface area (Å²) in [7, 11) is 0. The van der Waals surface area contributed by atoms with Crippen molar-refractivity contribution in [3.05, 3.63) is 0 Å². The maximum absolute atomic E-state index is 9.10. The monoisotopic (exact) mass is 249 g/mol. The highest BCUT2D eigenvalue weighted by Gasteiger charge is 2.27. The van der Waals surface area contributed by atoms with Gasteiger partial charge in [-0.2, -0.15) is 5.26 Å². The van der Waals surface area contributed by atoms with Gasteiger partial charge < -0.3 is 10.2 Å². The summed E-state index contributed by atoms with van der Waals surface area (Å²) in [5.74, 6) is 0.941. The second-order valence-electron chi connectivity index (χ2n) is 6.74. The van der Waals surface area contributed by atoms with Gasteiger partial charge in [-0.15, -0.1) is 0 Å². The van der Waals surface area contributed by atoms with E-state index in [9.17, 15) is 0 Å². The van der Waals surface area contributed by atoms with Crippen LogP contribution in [0.4, 0.5) is 0 Å². The summed E-state index contributed by atoms with van der Waals surface area (Å²) in [6.45, 7) is 8.80. The fraction of sp³-hybridized carbons (Fsp3) is 0.933. The van der Waals surface area contributed by atoms with Gasteiger partial charge in [-0.25, -0.2) is 0 Å². The zero-order valence-corrected chi connectivity index (χ0v) is 11.9. The first-order valence-corrected chi connectivity index (χ1v) is 7.46. The zero-order valence-electron chi connectivity index (χ0n) is 11.9. The SMILES string of the molecule is CC(C)(C#N)CCN(CC1CC1)CC1CCCN1. The lowest BCUT2D eigenvalue weighted by Crippen LogP contribution is -2.40. The van der Waals surface area contributed by atoms with E-state index in [2.05, 4.69) is 30.1 Å². The molecule has 0 bridgehead atoms. The second-order valence-corrected chi connectivity index (χ2v) is 6.74. The molecule has 0 aromatic carbocycles. The summed E-state index contributed by atoms with van der Waals surface area (Å²) in [4.78, 5) is 2.60. The van der Waals surface area contributed by atoms with Crippen molar-refractivity contribution in [2.75, 3.05) is 26.2 Å². The van der Waals surface area contributed by atoms with Crippen molar-refractivity contribution in [3.63, 3.8) is 0 Å². The summed E-state index contributed by atoms with van der Waals surface area (Å²) in [6, 6.07) is 3.11. The summed E-state index contributed by atoms with van der Waals surface area (Å²) >= 11 is 0. The minimum Gasteiger partial charge on any atom is -0.313 e. The maximum atomic E-state index is 9.10. The van der Waals surface area contributed by atoms with Crippen molar-refractivity contribution in [3.8, 4) is 6.07 Å². The second kappa shape index (κ2) is 6.04. The summed E-state index contributed by atoms with van der Waals surface area (Å²) < 4.78 is 0. The van der Waals surface area contributed by atoms with Gasteiger partial charge >= 0.3 is 0 Å². The molecule has 3 heteroatoms. The van der Waals surface area contributed by atoms with Gasteiger partial charge in [0, 0.05) is 19.1 Å². The first-order valence-electron chi connectivity index (χ1n) is 7.46. The van der Waals surface area contributed by atoms with Crippen molar-refractivity contribution >= 4 is 0 Å². The first-order chi connectivity index (χ1) is 8.59. The lowest BCUT2D eigenvalue weighted by molar-refractivity contribution is 0.215. The Kier molecular flexibility index (Phi) is 4.64. The number of nitrogens with zero attached hydrogens (tertiary/aromatic N) is 2. The molecule has 1 atom stereocenters. The van der Waals surface area contributed by atoms with E-state index in [1.54, 1.807) is 0 Å². The Bertz CT molecular complexity index is 295. The van der Waals surface area contributed by atoms with Crippen LogP contribution >= 0.6 is 0 Å². The molecule has 3 nitrogen and oxygen atoms in total. The molecule has 1 aliphatic heterocycles. The smallest absolute Gasteiger partial charge is 0.0684 e. The molecule has 0 spiro atoms. The Morgan fingerprint density at radius 2 is 2.06 bits per heavy atom. The summed E-state index contributed by atoms with van der Waals surface area (Å²) in [5, 5.41) is 12.7. The van der Waals surface area contributed by atoms with E-state index in [0.29, 0.717) is 6.04 Å². The fourth-order valence-corrected chi connectivity index (χ4v) is 2.64. The molecule has 18 heavy (non-hydrogen) atoms. The molecule has 0 aromatic heterocycles. The fourth-order valence-electron chi connectivity index (χ4n) is 2.64. The number of rotatable bonds is 7. The quantitative estimate of drug-likeness (QED) is 0.753. The molecule has 0 aromatic rings. The number of nitrogens with one attached hydrogen (secondary N) is 1. The minimum absolute atomic E-state index is 0.176. The molecule has 1 N–H and O–H groups in total. The first kappa shape index (κ1) is 13.8. The molecular formula is C15H27N3. The number of nitriles is 1. The molecule has 0 amide bonds. The van der Waals surface area contributed by atoms with Crippen LogP contribution in [0.15, 0.2) is 0 Å². The topological polar surface area (TPSA) is 39.1 Å². The lowest BCUT2D eigenvalue weighted by Gasteiger charge is -2.28. The third kappa shape index (κ3) is 4.59. The molecular weight excluding hydrogens is 222 g/mol. The molecule has 102 valence electrons. The molecule has 1 aliphatic carbocycles. The van der Waals surface area contributed by atoms with Crippen LogP contribution in [0.3, 0.4) is 0 Å². The van der Waals surface area contributed by atoms with Crippen molar-refractivity contribution < 1.29 is 0 Å². The summed E-state index contributed by atoms with van der Waals surface area (Å²) in [6.07, 6.45) is 6.46. The molecule has 1 heterocycles. The van der Waals surface area contributed by atoms with Gasteiger partial charge in [-0.1, -0.05) is 0 Å². The van der Waals surface area contributed by atoms with Gasteiger partial charge in [-0.3, -0.25) is 0 Å². The highest BCUT2D eigenvalue weighted by molar-refractivity contribution is 4.93. The van der Waals surface area contributed by atoms with Crippen LogP contribution < -0.4 is 5.32 Å². The standard InChI is InChI=1S/C15H27N3/c1-15(2,12-16)7-9-18(10-13-5-6-13)11-14-4-3-8-17-14/h13-14,17H,3-11H2,1-2H3. The van der Waals surface area contributed by atoms with Crippen molar-refractivity contribution in [2.24, 2.45) is 11.3 Å². The van der Waals surface area contributed by atoms with Gasteiger partial charge in [0.1, 0.15) is 0 Å². The molecule has 1 saturated carbocycles. The van der Waals surface area contributed by atoms with E-state index in [-0.39, 0.29) is 5.41 Å². The summed E-state index contributed by atoms with van der Waals surface area (Å²) in [5.41, 5.74) is -0.176. The third-order valence-electron chi connectivity index (χ3n) is 4.21. The molecule has 1 saturated heterocycles. The number of hydrogen-bond donors (Lipinski definition) is 1. The highest BCUT2D eigenvalue weighted by atomic mass is 15.2. The van der Waals surface area contributed by atoms with Crippen LogP contribution in [-0.2, 0) is 0 Å². The molecule has 2 rings (SSSR count). The van der Waals surface area contributed by atoms with Crippen molar-refractivity contribution in [1.29, 1.82) is 5.26 Å². The van der Waals surface area contributed by atoms with Crippen LogP contribution in [0.25, 0.3) is 0 Å². The van der Waals surface area contributed by atoms with Gasteiger partial charge in [0.05, 0.1) is 11.5 Å². The van der Waals surface area contributed by atoms with E-state index < -0.39 is 0 Å². The zero-order chi connectivity index (χ0) is 13.0. The van der Waals surface area contributed by atoms with Crippen molar-refractivity contribution in [1.82, 2.24) is 10.2 Å². The molecule has 0 radical (unpaired) electrons. The van der Waals surface area contributed by atoms with Gasteiger partial charge in [0.15, 0.2) is 0 Å². The maximum Gasteiger partial charge on any atom is 0.0684 e. The van der Waals surface area contributed by atoms with Gasteiger partial charge in [-0.05, 0) is 65.0 Å². The highest BCUT2D eigenvalue weighted by Crippen LogP contribution is 2.30. The average molecular weight is 249 g/mol. The predicted molar refractivity (Wildman–Crippen MR) is 74.2 cm³/mol. The predicted octanol–water partition coefficient (Wildman–Crippen LogP) is 2.39. The Morgan fingerprint density at radius 3 is 2.61 bits per heavy atom. The Hall–Kier alpha value is -0.590. The van der Waals surface area contributed by atoms with Crippen LogP contribution in [0.2, 0.25) is 0 Å². The van der Waals surface area contributed by atoms with Crippen LogP contribution in [0, 0.1) is 22.7 Å². The van der Waals surface area contributed by atoms with Crippen LogP contribution in [0.1, 0.15) is 46.0 Å². The Labute approximate surface area is 112 Å². The van der Waals surface area contributed by atoms with E-state index in [1.165, 1.54) is 45.3 Å². The molecule has 2 fully saturated rings. The Morgan fingerprint density at radius 1 is 1.28 bits per heavy atom. The van der Waals surface area contributed by atoms with E-state index in [1.807, 2.05) is 0 Å². The van der Waals surface area contributed by atoms with E-state index in [4.69, 9.17) is 5.26 Å². The molecule has 1 unspecified atom stereocenters. The third-order valence-corrected chi connectivity index (χ3v) is 4.21. The lowest BCUT2D eigenvalue weighted by atomic mass is 9.91. The van der Waals surface area contributed by atoms with Crippen molar-refractivity contribution in [2.45, 2.75) is 52.0 Å².